The van der Waals surface area contributed by atoms with Gasteiger partial charge in [0.25, 0.3) is 0 Å². The second-order valence-corrected chi connectivity index (χ2v) is 4.73. The Kier molecular flexibility index (Phi) is 3.75. The van der Waals surface area contributed by atoms with E-state index in [9.17, 15) is 4.79 Å². The predicted molar refractivity (Wildman–Crippen MR) is 79.5 cm³/mol. The maximum absolute atomic E-state index is 11.8. The highest BCUT2D eigenvalue weighted by Crippen LogP contribution is 2.32. The normalized spacial score (nSPS) is 12.6. The lowest BCUT2D eigenvalue weighted by Gasteiger charge is -2.01. The van der Waals surface area contributed by atoms with E-state index in [0.29, 0.717) is 22.3 Å². The topological polar surface area (TPSA) is 60.5 Å². The van der Waals surface area contributed by atoms with E-state index in [2.05, 4.69) is 10.3 Å². The third-order valence-electron chi connectivity index (χ3n) is 2.80. The van der Waals surface area contributed by atoms with Crippen molar-refractivity contribution in [2.75, 3.05) is 12.1 Å². The van der Waals surface area contributed by atoms with E-state index in [0.717, 1.165) is 5.56 Å². The fourth-order valence-corrected chi connectivity index (χ4v) is 1.99. The van der Waals surface area contributed by atoms with Crippen LogP contribution in [0.15, 0.2) is 42.6 Å². The van der Waals surface area contributed by atoms with Crippen LogP contribution in [0.5, 0.6) is 11.5 Å². The third kappa shape index (κ3) is 3.32. The average molecular weight is 303 g/mol. The first kappa shape index (κ1) is 13.5. The molecule has 1 N–H and O–H groups in total. The molecule has 0 bridgehead atoms. The number of ether oxygens (including phenoxy) is 2. The molecule has 21 heavy (non-hydrogen) atoms. The molecule has 106 valence electrons. The van der Waals surface area contributed by atoms with Crippen LogP contribution >= 0.6 is 11.6 Å². The fraction of sp³-hybridized carbons (Fsp3) is 0.0667. The largest absolute Gasteiger partial charge is 0.454 e. The summed E-state index contributed by atoms with van der Waals surface area (Å²) < 4.78 is 10.5. The molecule has 0 fully saturated rings. The molecule has 0 aliphatic carbocycles. The monoisotopic (exact) mass is 302 g/mol. The first-order valence-corrected chi connectivity index (χ1v) is 6.59. The van der Waals surface area contributed by atoms with Gasteiger partial charge in [-0.3, -0.25) is 4.79 Å². The van der Waals surface area contributed by atoms with Gasteiger partial charge in [0.15, 0.2) is 11.5 Å². The highest BCUT2D eigenvalue weighted by atomic mass is 35.5. The summed E-state index contributed by atoms with van der Waals surface area (Å²) in [5.74, 6) is 1.50. The molecule has 2 aromatic rings. The van der Waals surface area contributed by atoms with Gasteiger partial charge in [0.1, 0.15) is 5.82 Å². The molecule has 1 aliphatic rings. The molecule has 1 aliphatic heterocycles. The Bertz CT molecular complexity index is 716. The second kappa shape index (κ2) is 5.85. The SMILES string of the molecule is O=C(/C=C/c1ccc2c(c1)OCO2)Nc1cc(Cl)ccn1. The van der Waals surface area contributed by atoms with Crippen LogP contribution in [0.3, 0.4) is 0 Å². The van der Waals surface area contributed by atoms with Crippen LogP contribution in [-0.2, 0) is 4.79 Å². The number of nitrogens with zero attached hydrogens (tertiary/aromatic N) is 1. The number of nitrogens with one attached hydrogen (secondary N) is 1. The summed E-state index contributed by atoms with van der Waals surface area (Å²) in [5.41, 5.74) is 0.841. The maximum atomic E-state index is 11.8. The lowest BCUT2D eigenvalue weighted by Crippen LogP contribution is -2.08. The van der Waals surface area contributed by atoms with E-state index in [1.165, 1.54) is 12.3 Å². The number of amides is 1. The Morgan fingerprint density at radius 2 is 2.10 bits per heavy atom. The van der Waals surface area contributed by atoms with Gasteiger partial charge in [0.05, 0.1) is 0 Å². The van der Waals surface area contributed by atoms with Crippen molar-refractivity contribution in [3.8, 4) is 11.5 Å². The molecule has 3 rings (SSSR count). The summed E-state index contributed by atoms with van der Waals surface area (Å²) in [6.45, 7) is 0.226. The molecule has 2 heterocycles. The highest BCUT2D eigenvalue weighted by Gasteiger charge is 2.12. The van der Waals surface area contributed by atoms with Crippen LogP contribution in [0.2, 0.25) is 5.02 Å². The van der Waals surface area contributed by atoms with E-state index >= 15 is 0 Å². The van der Waals surface area contributed by atoms with Crippen molar-refractivity contribution in [3.05, 3.63) is 53.2 Å². The molecule has 6 heteroatoms. The van der Waals surface area contributed by atoms with Crippen molar-refractivity contribution in [2.45, 2.75) is 0 Å². The zero-order valence-electron chi connectivity index (χ0n) is 10.9. The number of aromatic nitrogens is 1. The second-order valence-electron chi connectivity index (χ2n) is 4.29. The number of hydrogen-bond donors (Lipinski definition) is 1. The lowest BCUT2D eigenvalue weighted by atomic mass is 10.2. The van der Waals surface area contributed by atoms with Gasteiger partial charge in [0.2, 0.25) is 12.7 Å². The maximum Gasteiger partial charge on any atom is 0.249 e. The Balaban J connectivity index is 1.67. The van der Waals surface area contributed by atoms with Crippen molar-refractivity contribution in [1.29, 1.82) is 0 Å². The minimum absolute atomic E-state index is 0.226. The molecule has 0 spiro atoms. The molecular weight excluding hydrogens is 292 g/mol. The number of hydrogen-bond acceptors (Lipinski definition) is 4. The van der Waals surface area contributed by atoms with Crippen molar-refractivity contribution in [3.63, 3.8) is 0 Å². The average Bonchev–Trinajstić information content (AvgIpc) is 2.92. The molecule has 1 aromatic heterocycles. The van der Waals surface area contributed by atoms with Gasteiger partial charge in [-0.1, -0.05) is 17.7 Å². The summed E-state index contributed by atoms with van der Waals surface area (Å²) in [6.07, 6.45) is 4.63. The van der Waals surface area contributed by atoms with E-state index in [-0.39, 0.29) is 12.7 Å². The number of carbonyl (C=O) groups excluding carboxylic acids is 1. The molecule has 1 aromatic carbocycles. The number of fused-ring (bicyclic) bond motifs is 1. The molecule has 0 atom stereocenters. The predicted octanol–water partition coefficient (Wildman–Crippen LogP) is 3.12. The number of benzene rings is 1. The van der Waals surface area contributed by atoms with E-state index in [1.54, 1.807) is 24.3 Å². The van der Waals surface area contributed by atoms with Gasteiger partial charge in [-0.25, -0.2) is 4.98 Å². The summed E-state index contributed by atoms with van der Waals surface area (Å²) in [7, 11) is 0. The fourth-order valence-electron chi connectivity index (χ4n) is 1.83. The first-order valence-electron chi connectivity index (χ1n) is 6.21. The standard InChI is InChI=1S/C15H11ClN2O3/c16-11-5-6-17-14(8-11)18-15(19)4-2-10-1-3-12-13(7-10)21-9-20-12/h1-8H,9H2,(H,17,18,19)/b4-2+. The third-order valence-corrected chi connectivity index (χ3v) is 3.03. The zero-order valence-corrected chi connectivity index (χ0v) is 11.6. The Labute approximate surface area is 126 Å². The summed E-state index contributed by atoms with van der Waals surface area (Å²) >= 11 is 5.82. The number of halogens is 1. The zero-order chi connectivity index (χ0) is 14.7. The molecular formula is C15H11ClN2O3. The number of rotatable bonds is 3. The van der Waals surface area contributed by atoms with Crippen LogP contribution in [0.25, 0.3) is 6.08 Å². The molecule has 0 radical (unpaired) electrons. The van der Waals surface area contributed by atoms with E-state index in [1.807, 2.05) is 12.1 Å². The first-order chi connectivity index (χ1) is 10.2. The number of pyridine rings is 1. The smallest absolute Gasteiger partial charge is 0.249 e. The minimum Gasteiger partial charge on any atom is -0.454 e. The van der Waals surface area contributed by atoms with Gasteiger partial charge in [0, 0.05) is 17.3 Å². The molecule has 5 nitrogen and oxygen atoms in total. The van der Waals surface area contributed by atoms with Crippen LogP contribution in [0.4, 0.5) is 5.82 Å². The van der Waals surface area contributed by atoms with E-state index < -0.39 is 0 Å². The van der Waals surface area contributed by atoms with Crippen LogP contribution in [0.1, 0.15) is 5.56 Å². The summed E-state index contributed by atoms with van der Waals surface area (Å²) in [4.78, 5) is 15.8. The van der Waals surface area contributed by atoms with Gasteiger partial charge in [-0.15, -0.1) is 0 Å². The van der Waals surface area contributed by atoms with Crippen LogP contribution in [0, 0.1) is 0 Å². The minimum atomic E-state index is -0.289. The van der Waals surface area contributed by atoms with Crippen molar-refractivity contribution in [1.82, 2.24) is 4.98 Å². The Morgan fingerprint density at radius 3 is 2.95 bits per heavy atom. The molecule has 0 unspecified atom stereocenters. The quantitative estimate of drug-likeness (QED) is 0.885. The van der Waals surface area contributed by atoms with Crippen molar-refractivity contribution >= 4 is 29.4 Å². The summed E-state index contributed by atoms with van der Waals surface area (Å²) in [5, 5.41) is 3.14. The lowest BCUT2D eigenvalue weighted by molar-refractivity contribution is -0.111. The van der Waals surface area contributed by atoms with Crippen LogP contribution < -0.4 is 14.8 Å². The van der Waals surface area contributed by atoms with Crippen molar-refractivity contribution in [2.24, 2.45) is 0 Å². The summed E-state index contributed by atoms with van der Waals surface area (Å²) in [6, 6.07) is 8.67. The van der Waals surface area contributed by atoms with Gasteiger partial charge in [-0.05, 0) is 35.9 Å². The Morgan fingerprint density at radius 1 is 1.24 bits per heavy atom. The molecule has 1 amide bonds. The number of anilines is 1. The molecule has 0 saturated carbocycles. The molecule has 0 saturated heterocycles. The van der Waals surface area contributed by atoms with Crippen LogP contribution in [-0.4, -0.2) is 17.7 Å². The van der Waals surface area contributed by atoms with Gasteiger partial charge < -0.3 is 14.8 Å². The van der Waals surface area contributed by atoms with Crippen molar-refractivity contribution < 1.29 is 14.3 Å². The highest BCUT2D eigenvalue weighted by molar-refractivity contribution is 6.30. The number of carbonyl (C=O) groups is 1. The van der Waals surface area contributed by atoms with Gasteiger partial charge in [-0.2, -0.15) is 0 Å². The van der Waals surface area contributed by atoms with Gasteiger partial charge >= 0.3 is 0 Å². The Hall–Kier alpha value is -2.53. The van der Waals surface area contributed by atoms with E-state index in [4.69, 9.17) is 21.1 Å².